The summed E-state index contributed by atoms with van der Waals surface area (Å²) in [6.45, 7) is 4.39. The quantitative estimate of drug-likeness (QED) is 0.416. The molecule has 1 aliphatic heterocycles. The van der Waals surface area contributed by atoms with Crippen LogP contribution in [0.4, 0.5) is 29.3 Å². The van der Waals surface area contributed by atoms with Crippen molar-refractivity contribution in [3.8, 4) is 11.6 Å². The molecular weight excluding hydrogens is 563 g/mol. The summed E-state index contributed by atoms with van der Waals surface area (Å²) in [6, 6.07) is 3.95. The molecule has 2 aromatic rings. The average Bonchev–Trinajstić information content (AvgIpc) is 3.30. The number of nitrogens with one attached hydrogen (secondary N) is 2. The number of rotatable bonds is 8. The molecule has 1 aromatic carbocycles. The lowest BCUT2D eigenvalue weighted by Crippen LogP contribution is -2.44. The maximum absolute atomic E-state index is 13.5. The van der Waals surface area contributed by atoms with Crippen molar-refractivity contribution in [1.82, 2.24) is 15.1 Å². The van der Waals surface area contributed by atoms with Gasteiger partial charge in [-0.05, 0) is 39.0 Å². The molecule has 1 aliphatic rings. The van der Waals surface area contributed by atoms with E-state index < -0.39 is 27.9 Å². The second kappa shape index (κ2) is 13.1. The summed E-state index contributed by atoms with van der Waals surface area (Å²) in [5.74, 6) is -0.0127. The molecule has 17 heteroatoms. The molecule has 3 rings (SSSR count). The van der Waals surface area contributed by atoms with Gasteiger partial charge in [-0.15, -0.1) is 5.10 Å². The van der Waals surface area contributed by atoms with E-state index in [1.54, 1.807) is 14.0 Å². The third-order valence-electron chi connectivity index (χ3n) is 5.33. The molecule has 0 fully saturated rings. The van der Waals surface area contributed by atoms with Gasteiger partial charge in [0.25, 0.3) is 15.9 Å². The number of aryl methyl sites for hydroxylation is 1. The number of aliphatic hydroxyl groups is 1. The third kappa shape index (κ3) is 7.91. The van der Waals surface area contributed by atoms with E-state index in [2.05, 4.69) is 20.5 Å². The van der Waals surface area contributed by atoms with Gasteiger partial charge in [-0.1, -0.05) is 0 Å². The molecule has 3 N–H and O–H groups in total. The van der Waals surface area contributed by atoms with Gasteiger partial charge < -0.3 is 24.6 Å². The standard InChI is InChI=1S/C20H25F3N4O7S.C3H7NO/c1-4-26-12-16(17(25-26)33-10-8-28)35(30,31)27-7-9-32-15-6-5-13(11-14(15)27)24-18(29)34-19(2,3)20(21,22)23;1-3(5)4-2/h5-6,11-12,28H,4,7-10H2,1-3H3,(H,24,29);1-2H3,(H,4,5). The van der Waals surface area contributed by atoms with Crippen LogP contribution in [0, 0.1) is 0 Å². The van der Waals surface area contributed by atoms with Gasteiger partial charge in [0.15, 0.2) is 4.90 Å². The van der Waals surface area contributed by atoms with E-state index in [-0.39, 0.29) is 60.2 Å². The molecule has 0 unspecified atom stereocenters. The summed E-state index contributed by atoms with van der Waals surface area (Å²) in [5.41, 5.74) is -2.71. The van der Waals surface area contributed by atoms with Crippen molar-refractivity contribution >= 4 is 33.4 Å². The number of ether oxygens (including phenoxy) is 3. The first kappa shape index (κ1) is 32.5. The molecule has 0 saturated carbocycles. The van der Waals surface area contributed by atoms with Crippen molar-refractivity contribution in [3.05, 3.63) is 24.4 Å². The van der Waals surface area contributed by atoms with Gasteiger partial charge in [0.1, 0.15) is 19.0 Å². The van der Waals surface area contributed by atoms with Crippen molar-refractivity contribution < 1.29 is 50.5 Å². The van der Waals surface area contributed by atoms with Crippen molar-refractivity contribution in [1.29, 1.82) is 0 Å². The fourth-order valence-electron chi connectivity index (χ4n) is 3.04. The molecule has 224 valence electrons. The van der Waals surface area contributed by atoms with Crippen LogP contribution in [-0.2, 0) is 26.1 Å². The van der Waals surface area contributed by atoms with Crippen LogP contribution in [0.2, 0.25) is 0 Å². The molecule has 0 atom stereocenters. The van der Waals surface area contributed by atoms with E-state index in [0.717, 1.165) is 4.31 Å². The summed E-state index contributed by atoms with van der Waals surface area (Å²) in [6.07, 6.45) is -4.88. The molecular formula is C23H32F3N5O8S. The summed E-state index contributed by atoms with van der Waals surface area (Å²) < 4.78 is 83.8. The second-order valence-corrected chi connectivity index (χ2v) is 10.5. The number of aromatic nitrogens is 2. The van der Waals surface area contributed by atoms with Crippen LogP contribution >= 0.6 is 0 Å². The molecule has 40 heavy (non-hydrogen) atoms. The Bertz CT molecular complexity index is 1300. The van der Waals surface area contributed by atoms with E-state index >= 15 is 0 Å². The lowest BCUT2D eigenvalue weighted by molar-refractivity contribution is -0.242. The van der Waals surface area contributed by atoms with Crippen molar-refractivity contribution in [2.75, 3.05) is 43.0 Å². The lowest BCUT2D eigenvalue weighted by Gasteiger charge is -2.31. The number of hydrogen-bond donors (Lipinski definition) is 3. The number of nitrogens with zero attached hydrogens (tertiary/aromatic N) is 3. The number of carbonyl (C=O) groups is 2. The van der Waals surface area contributed by atoms with Crippen LogP contribution in [0.3, 0.4) is 0 Å². The highest BCUT2D eigenvalue weighted by molar-refractivity contribution is 7.93. The average molecular weight is 596 g/mol. The van der Waals surface area contributed by atoms with Gasteiger partial charge in [0.05, 0.1) is 18.8 Å². The number of hydrogen-bond acceptors (Lipinski definition) is 9. The molecule has 0 radical (unpaired) electrons. The Morgan fingerprint density at radius 2 is 1.90 bits per heavy atom. The Labute approximate surface area is 229 Å². The van der Waals surface area contributed by atoms with Crippen molar-refractivity contribution in [3.63, 3.8) is 0 Å². The number of aliphatic hydroxyl groups excluding tert-OH is 1. The lowest BCUT2D eigenvalue weighted by atomic mass is 10.1. The van der Waals surface area contributed by atoms with E-state index in [1.165, 1.54) is 36.0 Å². The molecule has 13 nitrogen and oxygen atoms in total. The van der Waals surface area contributed by atoms with E-state index in [4.69, 9.17) is 14.6 Å². The number of benzene rings is 1. The zero-order chi connectivity index (χ0) is 30.3. The van der Waals surface area contributed by atoms with E-state index in [0.29, 0.717) is 20.4 Å². The van der Waals surface area contributed by atoms with Crippen LogP contribution in [0.1, 0.15) is 27.7 Å². The first-order valence-electron chi connectivity index (χ1n) is 11.9. The summed E-state index contributed by atoms with van der Waals surface area (Å²) in [7, 11) is -2.65. The van der Waals surface area contributed by atoms with Gasteiger partial charge >= 0.3 is 12.3 Å². The largest absolute Gasteiger partial charge is 0.489 e. The second-order valence-electron chi connectivity index (χ2n) is 8.66. The predicted octanol–water partition coefficient (Wildman–Crippen LogP) is 2.50. The molecule has 0 bridgehead atoms. The van der Waals surface area contributed by atoms with Crippen LogP contribution in [0.15, 0.2) is 29.3 Å². The van der Waals surface area contributed by atoms with Crippen LogP contribution in [0.25, 0.3) is 0 Å². The molecule has 2 amide bonds. The number of anilines is 2. The van der Waals surface area contributed by atoms with Gasteiger partial charge in [-0.3, -0.25) is 19.1 Å². The van der Waals surface area contributed by atoms with Gasteiger partial charge in [-0.2, -0.15) is 13.2 Å². The Morgan fingerprint density at radius 3 is 2.45 bits per heavy atom. The number of alkyl halides is 3. The number of sulfonamides is 1. The first-order chi connectivity index (χ1) is 18.6. The van der Waals surface area contributed by atoms with Gasteiger partial charge in [-0.25, -0.2) is 13.2 Å². The monoisotopic (exact) mass is 595 g/mol. The normalized spacial score (nSPS) is 13.3. The van der Waals surface area contributed by atoms with Crippen molar-refractivity contribution in [2.24, 2.45) is 0 Å². The SMILES string of the molecule is CCn1cc(S(=O)(=O)N2CCOc3ccc(NC(=O)OC(C)(C)C(F)(F)F)cc32)c(OCCO)n1.CNC(C)=O. The minimum absolute atomic E-state index is 0.00463. The fourth-order valence-corrected chi connectivity index (χ4v) is 4.57. The number of carbonyl (C=O) groups excluding carboxylic acids is 2. The Balaban J connectivity index is 0.00000103. The molecule has 2 heterocycles. The van der Waals surface area contributed by atoms with E-state index in [9.17, 15) is 31.2 Å². The molecule has 1 aromatic heterocycles. The Morgan fingerprint density at radius 1 is 1.25 bits per heavy atom. The minimum Gasteiger partial charge on any atom is -0.489 e. The maximum Gasteiger partial charge on any atom is 0.427 e. The predicted molar refractivity (Wildman–Crippen MR) is 137 cm³/mol. The smallest absolute Gasteiger partial charge is 0.427 e. The topological polar surface area (TPSA) is 161 Å². The highest BCUT2D eigenvalue weighted by Gasteiger charge is 2.51. The van der Waals surface area contributed by atoms with Crippen molar-refractivity contribution in [2.45, 2.75) is 50.9 Å². The number of halogens is 3. The Kier molecular flexibility index (Phi) is 10.6. The summed E-state index contributed by atoms with van der Waals surface area (Å²) in [4.78, 5) is 21.5. The van der Waals surface area contributed by atoms with Crippen LogP contribution < -0.4 is 24.4 Å². The van der Waals surface area contributed by atoms with Gasteiger partial charge in [0.2, 0.25) is 11.5 Å². The minimum atomic E-state index is -4.79. The fraction of sp³-hybridized carbons (Fsp3) is 0.522. The number of amides is 2. The van der Waals surface area contributed by atoms with Crippen LogP contribution in [0.5, 0.6) is 11.6 Å². The zero-order valence-corrected chi connectivity index (χ0v) is 23.4. The summed E-state index contributed by atoms with van der Waals surface area (Å²) in [5, 5.41) is 17.7. The Hall–Kier alpha value is -3.73. The highest BCUT2D eigenvalue weighted by Crippen LogP contribution is 2.39. The molecule has 0 saturated heterocycles. The summed E-state index contributed by atoms with van der Waals surface area (Å²) >= 11 is 0. The maximum atomic E-state index is 13.5. The first-order valence-corrected chi connectivity index (χ1v) is 13.4. The van der Waals surface area contributed by atoms with E-state index in [1.807, 2.05) is 0 Å². The molecule has 0 aliphatic carbocycles. The number of fused-ring (bicyclic) bond motifs is 1. The molecule has 0 spiro atoms. The van der Waals surface area contributed by atoms with Gasteiger partial charge in [0, 0.05) is 32.4 Å². The van der Waals surface area contributed by atoms with Crippen LogP contribution in [-0.4, -0.2) is 80.5 Å². The highest BCUT2D eigenvalue weighted by atomic mass is 32.2. The zero-order valence-electron chi connectivity index (χ0n) is 22.5. The third-order valence-corrected chi connectivity index (χ3v) is 7.12.